The lowest BCUT2D eigenvalue weighted by Crippen LogP contribution is -2.57. The van der Waals surface area contributed by atoms with Crippen LogP contribution in [0.2, 0.25) is 0 Å². The highest BCUT2D eigenvalue weighted by atomic mass is 16.2. The molecule has 6 heteroatoms. The number of piperazine rings is 1. The summed E-state index contributed by atoms with van der Waals surface area (Å²) in [6.45, 7) is 10.0. The summed E-state index contributed by atoms with van der Waals surface area (Å²) in [4.78, 5) is 24.3. The van der Waals surface area contributed by atoms with Crippen LogP contribution in [0.15, 0.2) is 12.4 Å². The predicted octanol–water partition coefficient (Wildman–Crippen LogP) is 1.72. The molecule has 0 saturated carbocycles. The molecule has 1 amide bonds. The smallest absolute Gasteiger partial charge is 0.239 e. The molecule has 0 aliphatic carbocycles. The van der Waals surface area contributed by atoms with Gasteiger partial charge in [-0.2, -0.15) is 0 Å². The van der Waals surface area contributed by atoms with Crippen LogP contribution in [-0.2, 0) is 18.4 Å². The Hall–Kier alpha value is -1.40. The van der Waals surface area contributed by atoms with Gasteiger partial charge in [0.2, 0.25) is 5.91 Å². The number of aromatic nitrogens is 2. The van der Waals surface area contributed by atoms with Crippen molar-refractivity contribution in [2.24, 2.45) is 7.05 Å². The topological polar surface area (TPSA) is 44.6 Å². The summed E-state index contributed by atoms with van der Waals surface area (Å²) in [5.41, 5.74) is 0. The molecular weight excluding hydrogens is 314 g/mol. The quantitative estimate of drug-likeness (QED) is 0.832. The zero-order valence-corrected chi connectivity index (χ0v) is 16.0. The summed E-state index contributed by atoms with van der Waals surface area (Å²) in [7, 11) is 2.05. The van der Waals surface area contributed by atoms with E-state index in [0.29, 0.717) is 11.9 Å². The number of amides is 1. The number of imidazole rings is 1. The van der Waals surface area contributed by atoms with E-state index in [1.807, 2.05) is 19.4 Å². The minimum Gasteiger partial charge on any atom is -0.341 e. The van der Waals surface area contributed by atoms with Crippen molar-refractivity contribution < 1.29 is 4.79 Å². The summed E-state index contributed by atoms with van der Waals surface area (Å²) in [6, 6.07) is 0.431. The lowest BCUT2D eigenvalue weighted by Gasteiger charge is -2.42. The summed E-state index contributed by atoms with van der Waals surface area (Å²) in [6.07, 6.45) is 8.71. The lowest BCUT2D eigenvalue weighted by atomic mass is 10.1. The van der Waals surface area contributed by atoms with Crippen LogP contribution >= 0.6 is 0 Å². The molecule has 1 aromatic rings. The Kier molecular flexibility index (Phi) is 6.12. The van der Waals surface area contributed by atoms with Crippen LogP contribution in [-0.4, -0.2) is 75.0 Å². The van der Waals surface area contributed by atoms with Crippen molar-refractivity contribution >= 4 is 5.91 Å². The normalized spacial score (nSPS) is 24.9. The van der Waals surface area contributed by atoms with E-state index in [-0.39, 0.29) is 6.04 Å². The molecule has 0 spiro atoms. The number of hydrogen-bond acceptors (Lipinski definition) is 4. The summed E-state index contributed by atoms with van der Waals surface area (Å²) in [5, 5.41) is 0. The van der Waals surface area contributed by atoms with E-state index in [0.717, 1.165) is 57.9 Å². The highest BCUT2D eigenvalue weighted by Gasteiger charge is 2.32. The van der Waals surface area contributed by atoms with Crippen molar-refractivity contribution in [2.75, 3.05) is 32.7 Å². The van der Waals surface area contributed by atoms with Gasteiger partial charge in [0.1, 0.15) is 5.82 Å². The number of likely N-dealkylation sites (tertiary alicyclic amines) is 1. The van der Waals surface area contributed by atoms with Crippen LogP contribution in [0.4, 0.5) is 0 Å². The van der Waals surface area contributed by atoms with Gasteiger partial charge >= 0.3 is 0 Å². The average molecular weight is 348 g/mol. The van der Waals surface area contributed by atoms with Gasteiger partial charge in [0.15, 0.2) is 0 Å². The first-order valence-electron chi connectivity index (χ1n) is 9.79. The van der Waals surface area contributed by atoms with Crippen molar-refractivity contribution in [3.8, 4) is 0 Å². The Bertz CT molecular complexity index is 564. The highest BCUT2D eigenvalue weighted by molar-refractivity contribution is 5.81. The summed E-state index contributed by atoms with van der Waals surface area (Å²) in [5.74, 6) is 1.43. The molecule has 0 bridgehead atoms. The van der Waals surface area contributed by atoms with Gasteiger partial charge in [-0.3, -0.25) is 14.6 Å². The van der Waals surface area contributed by atoms with Crippen molar-refractivity contribution in [3.63, 3.8) is 0 Å². The zero-order valence-electron chi connectivity index (χ0n) is 16.0. The fourth-order valence-electron chi connectivity index (χ4n) is 4.05. The Morgan fingerprint density at radius 1 is 1.20 bits per heavy atom. The minimum atomic E-state index is -0.00383. The number of carbonyl (C=O) groups excluding carboxylic acids is 1. The fraction of sp³-hybridized carbons (Fsp3) is 0.789. The second-order valence-electron chi connectivity index (χ2n) is 7.68. The molecule has 0 aromatic carbocycles. The third-order valence-electron chi connectivity index (χ3n) is 5.88. The molecule has 2 saturated heterocycles. The molecule has 0 radical (unpaired) electrons. The second kappa shape index (κ2) is 8.32. The number of hydrogen-bond donors (Lipinski definition) is 0. The van der Waals surface area contributed by atoms with E-state index in [4.69, 9.17) is 0 Å². The standard InChI is InChI=1S/C19H33N5O/c1-16-14-24(13-12-23(16)15-18-20-8-11-21(18)3)17(2)19(25)22-9-6-4-5-7-10-22/h8,11,16-17H,4-7,9-10,12-15H2,1-3H3/t16-,17+/m0/s1. The third kappa shape index (κ3) is 4.42. The largest absolute Gasteiger partial charge is 0.341 e. The summed E-state index contributed by atoms with van der Waals surface area (Å²) < 4.78 is 2.09. The van der Waals surface area contributed by atoms with Crippen molar-refractivity contribution in [2.45, 2.75) is 58.2 Å². The number of carbonyl (C=O) groups is 1. The Labute approximate surface area is 151 Å². The van der Waals surface area contributed by atoms with Crippen molar-refractivity contribution in [1.82, 2.24) is 24.3 Å². The monoisotopic (exact) mass is 347 g/mol. The molecule has 0 unspecified atom stereocenters. The molecule has 2 aliphatic heterocycles. The zero-order chi connectivity index (χ0) is 17.8. The Morgan fingerprint density at radius 2 is 1.92 bits per heavy atom. The molecule has 2 aliphatic rings. The van der Waals surface area contributed by atoms with E-state index < -0.39 is 0 Å². The van der Waals surface area contributed by atoms with E-state index in [9.17, 15) is 4.79 Å². The van der Waals surface area contributed by atoms with Gasteiger partial charge in [0, 0.05) is 58.2 Å². The second-order valence-corrected chi connectivity index (χ2v) is 7.68. The van der Waals surface area contributed by atoms with Gasteiger partial charge in [-0.25, -0.2) is 4.98 Å². The summed E-state index contributed by atoms with van der Waals surface area (Å²) >= 11 is 0. The van der Waals surface area contributed by atoms with Crippen molar-refractivity contribution in [3.05, 3.63) is 18.2 Å². The first-order valence-corrected chi connectivity index (χ1v) is 9.79. The molecular formula is C19H33N5O. The molecule has 2 atom stereocenters. The molecule has 140 valence electrons. The molecule has 6 nitrogen and oxygen atoms in total. The lowest BCUT2D eigenvalue weighted by molar-refractivity contribution is -0.137. The Balaban J connectivity index is 1.54. The van der Waals surface area contributed by atoms with E-state index in [1.54, 1.807) is 0 Å². The molecule has 2 fully saturated rings. The third-order valence-corrected chi connectivity index (χ3v) is 5.88. The average Bonchev–Trinajstić information content (AvgIpc) is 2.86. The van der Waals surface area contributed by atoms with Crippen LogP contribution in [0.5, 0.6) is 0 Å². The number of aryl methyl sites for hydroxylation is 1. The number of rotatable bonds is 4. The van der Waals surface area contributed by atoms with E-state index >= 15 is 0 Å². The van der Waals surface area contributed by atoms with Crippen LogP contribution in [0.3, 0.4) is 0 Å². The fourth-order valence-corrected chi connectivity index (χ4v) is 4.05. The van der Waals surface area contributed by atoms with Crippen LogP contribution in [0.1, 0.15) is 45.4 Å². The molecule has 1 aromatic heterocycles. The molecule has 25 heavy (non-hydrogen) atoms. The minimum absolute atomic E-state index is 0.00383. The van der Waals surface area contributed by atoms with Crippen LogP contribution < -0.4 is 0 Å². The van der Waals surface area contributed by atoms with Gasteiger partial charge < -0.3 is 9.47 Å². The highest BCUT2D eigenvalue weighted by Crippen LogP contribution is 2.18. The maximum absolute atomic E-state index is 12.9. The van der Waals surface area contributed by atoms with Crippen molar-refractivity contribution in [1.29, 1.82) is 0 Å². The van der Waals surface area contributed by atoms with Gasteiger partial charge in [0.05, 0.1) is 12.6 Å². The van der Waals surface area contributed by atoms with Crippen LogP contribution in [0.25, 0.3) is 0 Å². The van der Waals surface area contributed by atoms with Gasteiger partial charge in [-0.1, -0.05) is 12.8 Å². The first kappa shape index (κ1) is 18.4. The van der Waals surface area contributed by atoms with Gasteiger partial charge in [0.25, 0.3) is 0 Å². The van der Waals surface area contributed by atoms with Gasteiger partial charge in [-0.15, -0.1) is 0 Å². The van der Waals surface area contributed by atoms with Crippen LogP contribution in [0, 0.1) is 0 Å². The Morgan fingerprint density at radius 3 is 2.52 bits per heavy atom. The van der Waals surface area contributed by atoms with E-state index in [1.165, 1.54) is 12.8 Å². The predicted molar refractivity (Wildman–Crippen MR) is 99.2 cm³/mol. The SMILES string of the molecule is C[C@H](C(=O)N1CCCCCC1)N1CCN(Cc2nccn2C)[C@@H](C)C1. The maximum atomic E-state index is 12.9. The maximum Gasteiger partial charge on any atom is 0.239 e. The molecule has 0 N–H and O–H groups in total. The first-order chi connectivity index (χ1) is 12.1. The molecule has 3 heterocycles. The van der Waals surface area contributed by atoms with Gasteiger partial charge in [-0.05, 0) is 26.7 Å². The van der Waals surface area contributed by atoms with E-state index in [2.05, 4.69) is 38.1 Å². The number of nitrogens with zero attached hydrogens (tertiary/aromatic N) is 5. The molecule has 3 rings (SSSR count).